The maximum absolute atomic E-state index is 7.31. The van der Waals surface area contributed by atoms with Crippen molar-refractivity contribution in [3.05, 3.63) is 12.2 Å². The number of nitrogens with one attached hydrogen (secondary N) is 1. The van der Waals surface area contributed by atoms with Gasteiger partial charge >= 0.3 is 0 Å². The van der Waals surface area contributed by atoms with E-state index >= 15 is 0 Å². The zero-order valence-corrected chi connectivity index (χ0v) is 6.59. The number of rotatable bonds is 1. The molecular weight excluding hydrogens is 124 g/mol. The Labute approximate surface area is 62.0 Å². The van der Waals surface area contributed by atoms with Crippen molar-refractivity contribution in [2.75, 3.05) is 14.1 Å². The largest absolute Gasteiger partial charge is 0.305 e. The van der Waals surface area contributed by atoms with Crippen LogP contribution in [0.15, 0.2) is 12.2 Å². The second-order valence-electron chi connectivity index (χ2n) is 2.95. The molecule has 1 unspecified atom stereocenters. The van der Waals surface area contributed by atoms with Gasteiger partial charge in [-0.05, 0) is 33.0 Å². The van der Waals surface area contributed by atoms with E-state index in [2.05, 4.69) is 25.1 Å². The third-order valence-corrected chi connectivity index (χ3v) is 1.89. The smallest absolute Gasteiger partial charge is 0.0312 e. The van der Waals surface area contributed by atoms with Crippen LogP contribution in [0.2, 0.25) is 0 Å². The predicted octanol–water partition coefficient (Wildman–Crippen LogP) is 1.29. The third kappa shape index (κ3) is 1.67. The van der Waals surface area contributed by atoms with Crippen LogP contribution in [0.4, 0.5) is 0 Å². The number of hydrogen-bond acceptors (Lipinski definition) is 2. The van der Waals surface area contributed by atoms with E-state index in [-0.39, 0.29) is 0 Å². The van der Waals surface area contributed by atoms with E-state index in [0.717, 1.165) is 18.6 Å². The van der Waals surface area contributed by atoms with E-state index < -0.39 is 0 Å². The summed E-state index contributed by atoms with van der Waals surface area (Å²) in [5, 5.41) is 7.31. The molecule has 1 rings (SSSR count). The lowest BCUT2D eigenvalue weighted by atomic mass is 10.0. The molecule has 1 aliphatic carbocycles. The van der Waals surface area contributed by atoms with Gasteiger partial charge in [-0.2, -0.15) is 0 Å². The Kier molecular flexibility index (Phi) is 2.22. The highest BCUT2D eigenvalue weighted by atomic mass is 15.1. The van der Waals surface area contributed by atoms with Crippen molar-refractivity contribution < 1.29 is 0 Å². The van der Waals surface area contributed by atoms with Gasteiger partial charge in [0.1, 0.15) is 0 Å². The molecule has 1 aliphatic rings. The fourth-order valence-electron chi connectivity index (χ4n) is 1.14. The molecule has 0 saturated carbocycles. The molecular formula is C8H14N2. The van der Waals surface area contributed by atoms with Crippen molar-refractivity contribution in [1.82, 2.24) is 4.90 Å². The zero-order valence-electron chi connectivity index (χ0n) is 6.59. The van der Waals surface area contributed by atoms with Crippen molar-refractivity contribution >= 4 is 5.71 Å². The summed E-state index contributed by atoms with van der Waals surface area (Å²) < 4.78 is 0. The summed E-state index contributed by atoms with van der Waals surface area (Å²) in [7, 11) is 4.15. The summed E-state index contributed by atoms with van der Waals surface area (Å²) in [4.78, 5) is 2.18. The quantitative estimate of drug-likeness (QED) is 0.580. The summed E-state index contributed by atoms with van der Waals surface area (Å²) in [5.41, 5.74) is 0.762. The predicted molar refractivity (Wildman–Crippen MR) is 43.6 cm³/mol. The van der Waals surface area contributed by atoms with E-state index in [1.54, 1.807) is 0 Å². The Morgan fingerprint density at radius 1 is 1.60 bits per heavy atom. The molecule has 0 saturated heterocycles. The van der Waals surface area contributed by atoms with Gasteiger partial charge in [0, 0.05) is 11.8 Å². The van der Waals surface area contributed by atoms with Crippen LogP contribution in [0, 0.1) is 5.41 Å². The monoisotopic (exact) mass is 138 g/mol. The molecule has 1 N–H and O–H groups in total. The minimum Gasteiger partial charge on any atom is -0.305 e. The zero-order chi connectivity index (χ0) is 7.56. The molecule has 0 aromatic rings. The fraction of sp³-hybridized carbons (Fsp3) is 0.625. The summed E-state index contributed by atoms with van der Waals surface area (Å²) in [6.45, 7) is 0. The van der Waals surface area contributed by atoms with Crippen LogP contribution in [0.5, 0.6) is 0 Å². The molecule has 2 heteroatoms. The Morgan fingerprint density at radius 2 is 2.30 bits per heavy atom. The molecule has 56 valence electrons. The molecule has 1 atom stereocenters. The Bertz CT molecular complexity index is 159. The molecule has 0 amide bonds. The topological polar surface area (TPSA) is 27.1 Å². The molecule has 0 aromatic carbocycles. The van der Waals surface area contributed by atoms with Crippen LogP contribution in [0.3, 0.4) is 0 Å². The van der Waals surface area contributed by atoms with Gasteiger partial charge in [-0.15, -0.1) is 0 Å². The van der Waals surface area contributed by atoms with Crippen LogP contribution in [-0.4, -0.2) is 30.7 Å². The first kappa shape index (κ1) is 7.48. The van der Waals surface area contributed by atoms with Gasteiger partial charge < -0.3 is 10.3 Å². The van der Waals surface area contributed by atoms with Gasteiger partial charge in [-0.3, -0.25) is 0 Å². The Balaban J connectivity index is 2.53. The van der Waals surface area contributed by atoms with Crippen molar-refractivity contribution in [1.29, 1.82) is 5.41 Å². The molecule has 0 radical (unpaired) electrons. The van der Waals surface area contributed by atoms with Crippen LogP contribution >= 0.6 is 0 Å². The fourth-order valence-corrected chi connectivity index (χ4v) is 1.14. The minimum atomic E-state index is 0.550. The highest BCUT2D eigenvalue weighted by Crippen LogP contribution is 2.11. The molecule has 0 fully saturated rings. The first-order valence-electron chi connectivity index (χ1n) is 3.62. The van der Waals surface area contributed by atoms with Crippen molar-refractivity contribution in [2.45, 2.75) is 18.9 Å². The molecule has 0 spiro atoms. The normalized spacial score (nSPS) is 25.9. The standard InChI is InChI=1S/C8H14N2/c1-10(2)8-5-3-7(9)4-6-8/h3,5,8-9H,4,6H2,1-2H3. The van der Waals surface area contributed by atoms with Crippen LogP contribution < -0.4 is 0 Å². The van der Waals surface area contributed by atoms with Gasteiger partial charge in [0.15, 0.2) is 0 Å². The lowest BCUT2D eigenvalue weighted by molar-refractivity contribution is 0.329. The van der Waals surface area contributed by atoms with Gasteiger partial charge in [0.25, 0.3) is 0 Å². The number of allylic oxidation sites excluding steroid dienone is 1. The molecule has 0 bridgehead atoms. The lowest BCUT2D eigenvalue weighted by Gasteiger charge is -2.23. The van der Waals surface area contributed by atoms with E-state index in [1.165, 1.54) is 0 Å². The summed E-state index contributed by atoms with van der Waals surface area (Å²) >= 11 is 0. The van der Waals surface area contributed by atoms with E-state index in [4.69, 9.17) is 5.41 Å². The lowest BCUT2D eigenvalue weighted by Crippen LogP contribution is -2.28. The Hall–Kier alpha value is -0.630. The summed E-state index contributed by atoms with van der Waals surface area (Å²) in [6.07, 6.45) is 6.04. The first-order chi connectivity index (χ1) is 4.70. The minimum absolute atomic E-state index is 0.550. The van der Waals surface area contributed by atoms with Gasteiger partial charge in [-0.25, -0.2) is 0 Å². The maximum Gasteiger partial charge on any atom is 0.0312 e. The number of likely N-dealkylation sites (N-methyl/N-ethyl adjacent to an activating group) is 1. The van der Waals surface area contributed by atoms with Crippen LogP contribution in [0.25, 0.3) is 0 Å². The number of nitrogens with zero attached hydrogens (tertiary/aromatic N) is 1. The van der Waals surface area contributed by atoms with Gasteiger partial charge in [0.05, 0.1) is 0 Å². The van der Waals surface area contributed by atoms with Crippen LogP contribution in [-0.2, 0) is 0 Å². The highest BCUT2D eigenvalue weighted by molar-refractivity contribution is 5.93. The van der Waals surface area contributed by atoms with Crippen molar-refractivity contribution in [3.8, 4) is 0 Å². The van der Waals surface area contributed by atoms with E-state index in [9.17, 15) is 0 Å². The average molecular weight is 138 g/mol. The molecule has 0 aliphatic heterocycles. The van der Waals surface area contributed by atoms with E-state index in [0.29, 0.717) is 6.04 Å². The SMILES string of the molecule is CN(C)C1C=CC(=N)CC1. The summed E-state index contributed by atoms with van der Waals surface area (Å²) in [6, 6.07) is 0.550. The first-order valence-corrected chi connectivity index (χ1v) is 3.62. The van der Waals surface area contributed by atoms with Gasteiger partial charge in [0.2, 0.25) is 0 Å². The molecule has 0 aromatic heterocycles. The second-order valence-corrected chi connectivity index (χ2v) is 2.95. The number of hydrogen-bond donors (Lipinski definition) is 1. The summed E-state index contributed by atoms with van der Waals surface area (Å²) in [5.74, 6) is 0. The van der Waals surface area contributed by atoms with Gasteiger partial charge in [-0.1, -0.05) is 6.08 Å². The highest BCUT2D eigenvalue weighted by Gasteiger charge is 2.11. The maximum atomic E-state index is 7.31. The Morgan fingerprint density at radius 3 is 2.70 bits per heavy atom. The molecule has 2 nitrogen and oxygen atoms in total. The van der Waals surface area contributed by atoms with Crippen LogP contribution in [0.1, 0.15) is 12.8 Å². The third-order valence-electron chi connectivity index (χ3n) is 1.89. The van der Waals surface area contributed by atoms with Crippen molar-refractivity contribution in [2.24, 2.45) is 0 Å². The average Bonchev–Trinajstić information content (AvgIpc) is 1.88. The van der Waals surface area contributed by atoms with E-state index in [1.807, 2.05) is 6.08 Å². The second kappa shape index (κ2) is 2.97. The molecule has 0 heterocycles. The van der Waals surface area contributed by atoms with Crippen molar-refractivity contribution in [3.63, 3.8) is 0 Å². The molecule has 10 heavy (non-hydrogen) atoms.